The summed E-state index contributed by atoms with van der Waals surface area (Å²) in [6.07, 6.45) is 2.18. The average molecular weight is 250 g/mol. The van der Waals surface area contributed by atoms with Gasteiger partial charge in [0.25, 0.3) is 5.91 Å². The third kappa shape index (κ3) is 2.14. The van der Waals surface area contributed by atoms with Crippen LogP contribution in [0.1, 0.15) is 34.6 Å². The van der Waals surface area contributed by atoms with Crippen LogP contribution in [-0.4, -0.2) is 46.8 Å². The first-order valence-corrected chi connectivity index (χ1v) is 6.52. The van der Waals surface area contributed by atoms with E-state index in [9.17, 15) is 4.79 Å². The van der Waals surface area contributed by atoms with E-state index in [1.165, 1.54) is 0 Å². The zero-order valence-corrected chi connectivity index (χ0v) is 11.7. The molecule has 1 N–H and O–H groups in total. The van der Waals surface area contributed by atoms with Gasteiger partial charge >= 0.3 is 0 Å². The first-order chi connectivity index (χ1) is 8.56. The van der Waals surface area contributed by atoms with E-state index < -0.39 is 0 Å². The Morgan fingerprint density at radius 3 is 2.78 bits per heavy atom. The summed E-state index contributed by atoms with van der Waals surface area (Å²) in [4.78, 5) is 14.6. The van der Waals surface area contributed by atoms with Gasteiger partial charge in [0.2, 0.25) is 0 Å². The van der Waals surface area contributed by atoms with Crippen molar-refractivity contribution < 1.29 is 4.79 Å². The van der Waals surface area contributed by atoms with E-state index in [0.717, 1.165) is 42.9 Å². The van der Waals surface area contributed by atoms with Crippen LogP contribution >= 0.6 is 0 Å². The van der Waals surface area contributed by atoms with Gasteiger partial charge in [-0.1, -0.05) is 0 Å². The molecule has 5 heteroatoms. The molecule has 0 aromatic carbocycles. The van der Waals surface area contributed by atoms with Gasteiger partial charge in [-0.2, -0.15) is 5.10 Å². The molecule has 1 aliphatic rings. The molecule has 0 radical (unpaired) electrons. The first kappa shape index (κ1) is 13.1. The van der Waals surface area contributed by atoms with Crippen molar-refractivity contribution in [1.29, 1.82) is 0 Å². The van der Waals surface area contributed by atoms with Gasteiger partial charge in [0, 0.05) is 31.9 Å². The van der Waals surface area contributed by atoms with Gasteiger partial charge in [-0.15, -0.1) is 0 Å². The summed E-state index contributed by atoms with van der Waals surface area (Å²) in [7, 11) is 3.82. The number of nitrogens with zero attached hydrogens (tertiary/aromatic N) is 3. The fourth-order valence-corrected chi connectivity index (χ4v) is 2.78. The second-order valence-corrected chi connectivity index (χ2v) is 5.02. The van der Waals surface area contributed by atoms with Gasteiger partial charge in [-0.05, 0) is 33.7 Å². The van der Waals surface area contributed by atoms with Gasteiger partial charge in [-0.25, -0.2) is 0 Å². The molecule has 1 aromatic heterocycles. The van der Waals surface area contributed by atoms with Crippen LogP contribution in [0.15, 0.2) is 0 Å². The lowest BCUT2D eigenvalue weighted by Crippen LogP contribution is -2.41. The Morgan fingerprint density at radius 1 is 1.50 bits per heavy atom. The quantitative estimate of drug-likeness (QED) is 0.865. The Labute approximate surface area is 108 Å². The highest BCUT2D eigenvalue weighted by Gasteiger charge is 2.31. The van der Waals surface area contributed by atoms with Gasteiger partial charge < -0.3 is 10.2 Å². The molecular weight excluding hydrogens is 228 g/mol. The molecule has 1 saturated heterocycles. The molecule has 1 atom stereocenters. The molecular formula is C13H22N4O. The number of aryl methyl sites for hydroxylation is 2. The Balaban J connectivity index is 2.25. The maximum atomic E-state index is 12.6. The standard InChI is InChI=1S/C13H22N4O/c1-9-12(10(2)16(4)15-9)13(18)17-7-5-6-11(17)8-14-3/h11,14H,5-8H2,1-4H3. The number of aromatic nitrogens is 2. The molecule has 1 aromatic rings. The summed E-state index contributed by atoms with van der Waals surface area (Å²) >= 11 is 0. The van der Waals surface area contributed by atoms with Crippen LogP contribution in [0, 0.1) is 13.8 Å². The summed E-state index contributed by atoms with van der Waals surface area (Å²) < 4.78 is 1.78. The Hall–Kier alpha value is -1.36. The molecule has 100 valence electrons. The summed E-state index contributed by atoms with van der Waals surface area (Å²) in [6.45, 7) is 5.59. The largest absolute Gasteiger partial charge is 0.334 e. The van der Waals surface area contributed by atoms with E-state index in [1.54, 1.807) is 4.68 Å². The number of carbonyl (C=O) groups is 1. The molecule has 0 aliphatic carbocycles. The van der Waals surface area contributed by atoms with Crippen molar-refractivity contribution >= 4 is 5.91 Å². The highest BCUT2D eigenvalue weighted by molar-refractivity contribution is 5.96. The highest BCUT2D eigenvalue weighted by atomic mass is 16.2. The van der Waals surface area contributed by atoms with E-state index in [1.807, 2.05) is 32.8 Å². The van der Waals surface area contributed by atoms with E-state index in [2.05, 4.69) is 10.4 Å². The van der Waals surface area contributed by atoms with E-state index in [4.69, 9.17) is 0 Å². The van der Waals surface area contributed by atoms with E-state index in [-0.39, 0.29) is 5.91 Å². The zero-order chi connectivity index (χ0) is 13.3. The number of nitrogens with one attached hydrogen (secondary N) is 1. The van der Waals surface area contributed by atoms with Crippen LogP contribution < -0.4 is 5.32 Å². The number of hydrogen-bond donors (Lipinski definition) is 1. The molecule has 0 bridgehead atoms. The molecule has 1 unspecified atom stereocenters. The van der Waals surface area contributed by atoms with E-state index in [0.29, 0.717) is 6.04 Å². The predicted molar refractivity (Wildman–Crippen MR) is 70.7 cm³/mol. The number of hydrogen-bond acceptors (Lipinski definition) is 3. The lowest BCUT2D eigenvalue weighted by Gasteiger charge is -2.24. The molecule has 1 amide bonds. The average Bonchev–Trinajstić information content (AvgIpc) is 2.86. The van der Waals surface area contributed by atoms with Crippen LogP contribution in [-0.2, 0) is 7.05 Å². The van der Waals surface area contributed by atoms with Crippen molar-refractivity contribution in [2.24, 2.45) is 7.05 Å². The lowest BCUT2D eigenvalue weighted by molar-refractivity contribution is 0.0735. The van der Waals surface area contributed by atoms with Crippen LogP contribution in [0.25, 0.3) is 0 Å². The van der Waals surface area contributed by atoms with Crippen LogP contribution in [0.2, 0.25) is 0 Å². The predicted octanol–water partition coefficient (Wildman–Crippen LogP) is 0.861. The van der Waals surface area contributed by atoms with Crippen molar-refractivity contribution in [1.82, 2.24) is 20.0 Å². The van der Waals surface area contributed by atoms with Crippen molar-refractivity contribution in [3.8, 4) is 0 Å². The van der Waals surface area contributed by atoms with Crippen molar-refractivity contribution in [3.05, 3.63) is 17.0 Å². The maximum absolute atomic E-state index is 12.6. The number of carbonyl (C=O) groups excluding carboxylic acids is 1. The fraction of sp³-hybridized carbons (Fsp3) is 0.692. The van der Waals surface area contributed by atoms with Gasteiger partial charge in [0.15, 0.2) is 0 Å². The smallest absolute Gasteiger partial charge is 0.257 e. The SMILES string of the molecule is CNCC1CCCN1C(=O)c1c(C)nn(C)c1C. The minimum atomic E-state index is 0.135. The summed E-state index contributed by atoms with van der Waals surface area (Å²) in [5.41, 5.74) is 2.56. The Morgan fingerprint density at radius 2 is 2.22 bits per heavy atom. The lowest BCUT2D eigenvalue weighted by atomic mass is 10.1. The third-order valence-electron chi connectivity index (χ3n) is 3.80. The normalized spacial score (nSPS) is 19.6. The second kappa shape index (κ2) is 5.10. The third-order valence-corrected chi connectivity index (χ3v) is 3.80. The van der Waals surface area contributed by atoms with Crippen molar-refractivity contribution in [2.45, 2.75) is 32.7 Å². The fourth-order valence-electron chi connectivity index (χ4n) is 2.78. The van der Waals surface area contributed by atoms with Gasteiger partial charge in [0.1, 0.15) is 0 Å². The zero-order valence-electron chi connectivity index (χ0n) is 11.7. The maximum Gasteiger partial charge on any atom is 0.257 e. The number of likely N-dealkylation sites (tertiary alicyclic amines) is 1. The number of amides is 1. The summed E-state index contributed by atoms with van der Waals surface area (Å²) in [5, 5.41) is 7.49. The monoisotopic (exact) mass is 250 g/mol. The van der Waals surface area contributed by atoms with Crippen molar-refractivity contribution in [3.63, 3.8) is 0 Å². The summed E-state index contributed by atoms with van der Waals surface area (Å²) in [5.74, 6) is 0.135. The Kier molecular flexibility index (Phi) is 3.71. The molecule has 18 heavy (non-hydrogen) atoms. The minimum absolute atomic E-state index is 0.135. The molecule has 2 rings (SSSR count). The Bertz CT molecular complexity index is 452. The van der Waals surface area contributed by atoms with Crippen LogP contribution in [0.3, 0.4) is 0 Å². The van der Waals surface area contributed by atoms with Gasteiger partial charge in [0.05, 0.1) is 11.3 Å². The number of likely N-dealkylation sites (N-methyl/N-ethyl adjacent to an activating group) is 1. The number of rotatable bonds is 3. The second-order valence-electron chi connectivity index (χ2n) is 5.02. The molecule has 0 spiro atoms. The summed E-state index contributed by atoms with van der Waals surface area (Å²) in [6, 6.07) is 0.321. The van der Waals surface area contributed by atoms with Crippen LogP contribution in [0.4, 0.5) is 0 Å². The molecule has 0 saturated carbocycles. The first-order valence-electron chi connectivity index (χ1n) is 6.52. The molecule has 1 fully saturated rings. The highest BCUT2D eigenvalue weighted by Crippen LogP contribution is 2.22. The molecule has 1 aliphatic heterocycles. The van der Waals surface area contributed by atoms with Gasteiger partial charge in [-0.3, -0.25) is 9.48 Å². The topological polar surface area (TPSA) is 50.2 Å². The molecule has 5 nitrogen and oxygen atoms in total. The molecule has 2 heterocycles. The minimum Gasteiger partial charge on any atom is -0.334 e. The van der Waals surface area contributed by atoms with Crippen molar-refractivity contribution in [2.75, 3.05) is 20.1 Å². The van der Waals surface area contributed by atoms with E-state index >= 15 is 0 Å². The van der Waals surface area contributed by atoms with Crippen LogP contribution in [0.5, 0.6) is 0 Å².